The minimum Gasteiger partial charge on any atom is -0.338 e. The predicted molar refractivity (Wildman–Crippen MR) is 79.1 cm³/mol. The molecule has 0 aliphatic carbocycles. The summed E-state index contributed by atoms with van der Waals surface area (Å²) in [7, 11) is 4.09. The van der Waals surface area contributed by atoms with Crippen molar-refractivity contribution in [2.45, 2.75) is 31.7 Å². The average molecular weight is 257 g/mol. The second kappa shape index (κ2) is 7.10. The maximum Gasteiger partial charge on any atom is 0.109 e. The first-order valence-corrected chi connectivity index (χ1v) is 6.97. The third-order valence-electron chi connectivity index (χ3n) is 3.62. The largest absolute Gasteiger partial charge is 0.338 e. The molecule has 0 amide bonds. The number of nitrogens with zero attached hydrogens (tertiary/aromatic N) is 2. The molecule has 1 heterocycles. The van der Waals surface area contributed by atoms with E-state index in [1.54, 1.807) is 0 Å². The van der Waals surface area contributed by atoms with Crippen LogP contribution in [0.2, 0.25) is 0 Å². The highest BCUT2D eigenvalue weighted by Gasteiger charge is 2.10. The molecule has 0 aliphatic heterocycles. The van der Waals surface area contributed by atoms with Gasteiger partial charge in [0.15, 0.2) is 0 Å². The molecule has 1 aromatic heterocycles. The smallest absolute Gasteiger partial charge is 0.109 e. The van der Waals surface area contributed by atoms with Crippen molar-refractivity contribution in [1.82, 2.24) is 14.9 Å². The molecule has 2 aromatic rings. The molecule has 1 aromatic carbocycles. The summed E-state index contributed by atoms with van der Waals surface area (Å²) in [5.41, 5.74) is 1.43. The fourth-order valence-electron chi connectivity index (χ4n) is 2.36. The first kappa shape index (κ1) is 13.8. The van der Waals surface area contributed by atoms with E-state index in [4.69, 9.17) is 0 Å². The molecule has 0 aliphatic rings. The van der Waals surface area contributed by atoms with Crippen molar-refractivity contribution in [3.8, 4) is 0 Å². The molecule has 0 radical (unpaired) electrons. The topological polar surface area (TPSA) is 29.9 Å². The number of benzene rings is 1. The SMILES string of the molecule is CNC(CCCc1ccccc1)Cc1nccn1C. The van der Waals surface area contributed by atoms with Crippen LogP contribution in [0.1, 0.15) is 24.2 Å². The van der Waals surface area contributed by atoms with Gasteiger partial charge in [-0.05, 0) is 31.9 Å². The van der Waals surface area contributed by atoms with E-state index in [-0.39, 0.29) is 0 Å². The molecule has 0 fully saturated rings. The van der Waals surface area contributed by atoms with Crippen molar-refractivity contribution in [3.05, 3.63) is 54.1 Å². The Bertz CT molecular complexity index is 476. The summed E-state index contributed by atoms with van der Waals surface area (Å²) in [4.78, 5) is 4.39. The molecular formula is C16H23N3. The molecule has 0 saturated heterocycles. The monoisotopic (exact) mass is 257 g/mol. The fraction of sp³-hybridized carbons (Fsp3) is 0.438. The maximum absolute atomic E-state index is 4.39. The molecule has 1 unspecified atom stereocenters. The van der Waals surface area contributed by atoms with E-state index in [0.717, 1.165) is 18.7 Å². The van der Waals surface area contributed by atoms with E-state index in [0.29, 0.717) is 6.04 Å². The zero-order valence-corrected chi connectivity index (χ0v) is 11.8. The Hall–Kier alpha value is -1.61. The molecule has 3 heteroatoms. The van der Waals surface area contributed by atoms with Crippen LogP contribution >= 0.6 is 0 Å². The van der Waals surface area contributed by atoms with Crippen molar-refractivity contribution >= 4 is 0 Å². The Labute approximate surface area is 115 Å². The van der Waals surface area contributed by atoms with E-state index in [1.165, 1.54) is 18.4 Å². The first-order valence-electron chi connectivity index (χ1n) is 6.97. The minimum absolute atomic E-state index is 0.504. The maximum atomic E-state index is 4.39. The lowest BCUT2D eigenvalue weighted by Gasteiger charge is -2.15. The summed E-state index contributed by atoms with van der Waals surface area (Å²) in [5, 5.41) is 3.40. The number of rotatable bonds is 7. The van der Waals surface area contributed by atoms with Gasteiger partial charge >= 0.3 is 0 Å². The Balaban J connectivity index is 1.78. The van der Waals surface area contributed by atoms with Crippen LogP contribution in [0.3, 0.4) is 0 Å². The van der Waals surface area contributed by atoms with Gasteiger partial charge in [-0.15, -0.1) is 0 Å². The molecule has 102 valence electrons. The summed E-state index contributed by atoms with van der Waals surface area (Å²) in [6, 6.07) is 11.2. The van der Waals surface area contributed by atoms with Crippen molar-refractivity contribution in [1.29, 1.82) is 0 Å². The summed E-state index contributed by atoms with van der Waals surface area (Å²) < 4.78 is 2.10. The third kappa shape index (κ3) is 4.21. The van der Waals surface area contributed by atoms with Gasteiger partial charge in [-0.25, -0.2) is 4.98 Å². The molecule has 0 bridgehead atoms. The first-order chi connectivity index (χ1) is 9.29. The van der Waals surface area contributed by atoms with Crippen LogP contribution in [0.15, 0.2) is 42.7 Å². The van der Waals surface area contributed by atoms with E-state index >= 15 is 0 Å². The summed E-state index contributed by atoms with van der Waals surface area (Å²) in [5.74, 6) is 1.15. The zero-order chi connectivity index (χ0) is 13.5. The number of imidazole rings is 1. The number of aromatic nitrogens is 2. The zero-order valence-electron chi connectivity index (χ0n) is 11.8. The van der Waals surface area contributed by atoms with Gasteiger partial charge < -0.3 is 9.88 Å². The van der Waals surface area contributed by atoms with Crippen LogP contribution < -0.4 is 5.32 Å². The molecular weight excluding hydrogens is 234 g/mol. The molecule has 1 atom stereocenters. The summed E-state index contributed by atoms with van der Waals surface area (Å²) >= 11 is 0. The molecule has 1 N–H and O–H groups in total. The van der Waals surface area contributed by atoms with Crippen molar-refractivity contribution < 1.29 is 0 Å². The number of nitrogens with one attached hydrogen (secondary N) is 1. The standard InChI is InChI=1S/C16H23N3/c1-17-15(13-16-18-11-12-19(16)2)10-6-9-14-7-4-3-5-8-14/h3-5,7-8,11-12,15,17H,6,9-10,13H2,1-2H3. The van der Waals surface area contributed by atoms with Gasteiger partial charge in [0.1, 0.15) is 5.82 Å². The quantitative estimate of drug-likeness (QED) is 0.826. The molecule has 0 saturated carbocycles. The summed E-state index contributed by atoms with van der Waals surface area (Å²) in [6.07, 6.45) is 8.41. The van der Waals surface area contributed by atoms with Gasteiger partial charge in [-0.1, -0.05) is 30.3 Å². The van der Waals surface area contributed by atoms with Gasteiger partial charge in [-0.3, -0.25) is 0 Å². The van der Waals surface area contributed by atoms with Crippen LogP contribution in [-0.2, 0) is 19.9 Å². The van der Waals surface area contributed by atoms with Gasteiger partial charge in [0.05, 0.1) is 0 Å². The molecule has 19 heavy (non-hydrogen) atoms. The second-order valence-corrected chi connectivity index (χ2v) is 5.02. The van der Waals surface area contributed by atoms with Crippen molar-refractivity contribution in [2.24, 2.45) is 7.05 Å². The van der Waals surface area contributed by atoms with Crippen LogP contribution in [-0.4, -0.2) is 22.6 Å². The number of likely N-dealkylation sites (N-methyl/N-ethyl adjacent to an activating group) is 1. The highest BCUT2D eigenvalue weighted by Crippen LogP contribution is 2.09. The number of hydrogen-bond acceptors (Lipinski definition) is 2. The molecule has 0 spiro atoms. The third-order valence-corrected chi connectivity index (χ3v) is 3.62. The van der Waals surface area contributed by atoms with Crippen molar-refractivity contribution in [3.63, 3.8) is 0 Å². The Morgan fingerprint density at radius 1 is 1.26 bits per heavy atom. The second-order valence-electron chi connectivity index (χ2n) is 5.02. The Morgan fingerprint density at radius 2 is 2.05 bits per heavy atom. The van der Waals surface area contributed by atoms with Gasteiger partial charge in [0, 0.05) is 31.9 Å². The normalized spacial score (nSPS) is 12.5. The van der Waals surface area contributed by atoms with E-state index in [9.17, 15) is 0 Å². The Morgan fingerprint density at radius 3 is 2.68 bits per heavy atom. The van der Waals surface area contributed by atoms with Gasteiger partial charge in [-0.2, -0.15) is 0 Å². The van der Waals surface area contributed by atoms with Crippen LogP contribution in [0, 0.1) is 0 Å². The number of hydrogen-bond donors (Lipinski definition) is 1. The fourth-order valence-corrected chi connectivity index (χ4v) is 2.36. The highest BCUT2D eigenvalue weighted by molar-refractivity contribution is 5.14. The van der Waals surface area contributed by atoms with Gasteiger partial charge in [0.2, 0.25) is 0 Å². The number of aryl methyl sites for hydroxylation is 2. The lowest BCUT2D eigenvalue weighted by Crippen LogP contribution is -2.28. The summed E-state index contributed by atoms with van der Waals surface area (Å²) in [6.45, 7) is 0. The van der Waals surface area contributed by atoms with E-state index in [2.05, 4.69) is 52.2 Å². The van der Waals surface area contributed by atoms with E-state index < -0.39 is 0 Å². The lowest BCUT2D eigenvalue weighted by atomic mass is 10.0. The average Bonchev–Trinajstić information content (AvgIpc) is 2.84. The van der Waals surface area contributed by atoms with Gasteiger partial charge in [0.25, 0.3) is 0 Å². The van der Waals surface area contributed by atoms with Crippen LogP contribution in [0.4, 0.5) is 0 Å². The molecule has 2 rings (SSSR count). The van der Waals surface area contributed by atoms with E-state index in [1.807, 2.05) is 19.4 Å². The van der Waals surface area contributed by atoms with Crippen LogP contribution in [0.5, 0.6) is 0 Å². The predicted octanol–water partition coefficient (Wildman–Crippen LogP) is 2.57. The molecule has 3 nitrogen and oxygen atoms in total. The minimum atomic E-state index is 0.504. The Kier molecular flexibility index (Phi) is 5.16. The lowest BCUT2D eigenvalue weighted by molar-refractivity contribution is 0.487. The van der Waals surface area contributed by atoms with Crippen LogP contribution in [0.25, 0.3) is 0 Å². The van der Waals surface area contributed by atoms with Crippen molar-refractivity contribution in [2.75, 3.05) is 7.05 Å². The highest BCUT2D eigenvalue weighted by atomic mass is 15.0.